The maximum atomic E-state index is 12.5. The van der Waals surface area contributed by atoms with Crippen LogP contribution >= 0.6 is 0 Å². The molecule has 0 aromatic heterocycles. The number of para-hydroxylation sites is 1. The van der Waals surface area contributed by atoms with Gasteiger partial charge in [0.05, 0.1) is 6.04 Å². The molecular formula is C17H27N3O. The second kappa shape index (κ2) is 7.05. The molecule has 0 aliphatic heterocycles. The van der Waals surface area contributed by atoms with Gasteiger partial charge < -0.3 is 11.1 Å². The first kappa shape index (κ1) is 16.0. The van der Waals surface area contributed by atoms with E-state index in [1.54, 1.807) is 0 Å². The van der Waals surface area contributed by atoms with E-state index in [1.807, 2.05) is 31.2 Å². The molecule has 1 fully saturated rings. The Labute approximate surface area is 127 Å². The van der Waals surface area contributed by atoms with E-state index in [0.717, 1.165) is 23.7 Å². The number of nitrogens with zero attached hydrogens (tertiary/aromatic N) is 1. The van der Waals surface area contributed by atoms with Crippen LogP contribution in [0, 0.1) is 5.92 Å². The van der Waals surface area contributed by atoms with E-state index in [4.69, 9.17) is 5.73 Å². The van der Waals surface area contributed by atoms with Crippen molar-refractivity contribution in [2.24, 2.45) is 11.7 Å². The quantitative estimate of drug-likeness (QED) is 0.811. The van der Waals surface area contributed by atoms with Crippen molar-refractivity contribution in [3.8, 4) is 0 Å². The van der Waals surface area contributed by atoms with Gasteiger partial charge in [-0.3, -0.25) is 9.69 Å². The average molecular weight is 289 g/mol. The molecule has 0 bridgehead atoms. The minimum atomic E-state index is -0.128. The van der Waals surface area contributed by atoms with Crippen molar-refractivity contribution in [1.29, 1.82) is 0 Å². The Morgan fingerprint density at radius 2 is 2.00 bits per heavy atom. The SMILES string of the molecule is CC(C)N(CC1CC1)C(C)C(=O)Nc1ccccc1CN. The lowest BCUT2D eigenvalue weighted by atomic mass is 10.1. The maximum absolute atomic E-state index is 12.5. The molecular weight excluding hydrogens is 262 g/mol. The molecule has 0 heterocycles. The second-order valence-electron chi connectivity index (χ2n) is 6.26. The molecule has 116 valence electrons. The van der Waals surface area contributed by atoms with Gasteiger partial charge in [-0.05, 0) is 51.2 Å². The highest BCUT2D eigenvalue weighted by Crippen LogP contribution is 2.31. The summed E-state index contributed by atoms with van der Waals surface area (Å²) in [6, 6.07) is 7.96. The van der Waals surface area contributed by atoms with Gasteiger partial charge in [0, 0.05) is 24.8 Å². The second-order valence-corrected chi connectivity index (χ2v) is 6.26. The van der Waals surface area contributed by atoms with Gasteiger partial charge in [-0.1, -0.05) is 18.2 Å². The predicted molar refractivity (Wildman–Crippen MR) is 87.0 cm³/mol. The van der Waals surface area contributed by atoms with E-state index in [0.29, 0.717) is 12.6 Å². The van der Waals surface area contributed by atoms with Crippen LogP contribution in [0.3, 0.4) is 0 Å². The third-order valence-corrected chi connectivity index (χ3v) is 4.20. The molecule has 1 aromatic rings. The summed E-state index contributed by atoms with van der Waals surface area (Å²) in [5.41, 5.74) is 7.52. The molecule has 1 aliphatic rings. The Morgan fingerprint density at radius 3 is 2.57 bits per heavy atom. The number of nitrogens with two attached hydrogens (primary N) is 1. The topological polar surface area (TPSA) is 58.4 Å². The molecule has 1 amide bonds. The number of hydrogen-bond donors (Lipinski definition) is 2. The highest BCUT2D eigenvalue weighted by atomic mass is 16.2. The number of nitrogens with one attached hydrogen (secondary N) is 1. The van der Waals surface area contributed by atoms with Gasteiger partial charge in [0.1, 0.15) is 0 Å². The lowest BCUT2D eigenvalue weighted by Crippen LogP contribution is -2.46. The van der Waals surface area contributed by atoms with E-state index in [-0.39, 0.29) is 11.9 Å². The van der Waals surface area contributed by atoms with Crippen LogP contribution in [0.4, 0.5) is 5.69 Å². The first-order chi connectivity index (χ1) is 10.0. The van der Waals surface area contributed by atoms with Crippen LogP contribution in [-0.4, -0.2) is 29.4 Å². The molecule has 1 aromatic carbocycles. The maximum Gasteiger partial charge on any atom is 0.241 e. The number of anilines is 1. The van der Waals surface area contributed by atoms with Crippen molar-refractivity contribution in [1.82, 2.24) is 4.90 Å². The Bertz CT molecular complexity index is 483. The molecule has 2 rings (SSSR count). The number of carbonyl (C=O) groups excluding carboxylic acids is 1. The molecule has 0 spiro atoms. The fourth-order valence-corrected chi connectivity index (χ4v) is 2.62. The number of rotatable bonds is 7. The van der Waals surface area contributed by atoms with Gasteiger partial charge in [0.25, 0.3) is 0 Å². The molecule has 0 saturated heterocycles. The standard InChI is InChI=1S/C17H27N3O/c1-12(2)20(11-14-8-9-14)13(3)17(21)19-16-7-5-4-6-15(16)10-18/h4-7,12-14H,8-11,18H2,1-3H3,(H,19,21). The zero-order valence-electron chi connectivity index (χ0n) is 13.3. The molecule has 4 heteroatoms. The lowest BCUT2D eigenvalue weighted by Gasteiger charge is -2.32. The monoisotopic (exact) mass is 289 g/mol. The Balaban J connectivity index is 2.03. The Morgan fingerprint density at radius 1 is 1.33 bits per heavy atom. The smallest absolute Gasteiger partial charge is 0.241 e. The van der Waals surface area contributed by atoms with Gasteiger partial charge in [-0.25, -0.2) is 0 Å². The van der Waals surface area contributed by atoms with Crippen LogP contribution in [0.2, 0.25) is 0 Å². The van der Waals surface area contributed by atoms with E-state index in [1.165, 1.54) is 12.8 Å². The van der Waals surface area contributed by atoms with E-state index >= 15 is 0 Å². The Hall–Kier alpha value is -1.39. The van der Waals surface area contributed by atoms with E-state index in [9.17, 15) is 4.79 Å². The summed E-state index contributed by atoms with van der Waals surface area (Å²) in [6.07, 6.45) is 2.60. The van der Waals surface area contributed by atoms with Gasteiger partial charge in [-0.2, -0.15) is 0 Å². The zero-order valence-corrected chi connectivity index (χ0v) is 13.3. The number of hydrogen-bond acceptors (Lipinski definition) is 3. The molecule has 1 atom stereocenters. The molecule has 4 nitrogen and oxygen atoms in total. The summed E-state index contributed by atoms with van der Waals surface area (Å²) in [6.45, 7) is 7.74. The van der Waals surface area contributed by atoms with Gasteiger partial charge in [-0.15, -0.1) is 0 Å². The van der Waals surface area contributed by atoms with Crippen LogP contribution in [-0.2, 0) is 11.3 Å². The van der Waals surface area contributed by atoms with Crippen LogP contribution in [0.25, 0.3) is 0 Å². The molecule has 0 radical (unpaired) electrons. The summed E-state index contributed by atoms with van der Waals surface area (Å²) in [5.74, 6) is 0.823. The molecule has 3 N–H and O–H groups in total. The van der Waals surface area contributed by atoms with E-state index < -0.39 is 0 Å². The highest BCUT2D eigenvalue weighted by molar-refractivity contribution is 5.95. The zero-order chi connectivity index (χ0) is 15.4. The van der Waals surface area contributed by atoms with Crippen molar-refractivity contribution in [3.05, 3.63) is 29.8 Å². The normalized spacial score (nSPS) is 16.3. The van der Waals surface area contributed by atoms with Gasteiger partial charge in [0.2, 0.25) is 5.91 Å². The van der Waals surface area contributed by atoms with Gasteiger partial charge in [0.15, 0.2) is 0 Å². The van der Waals surface area contributed by atoms with Crippen LogP contribution < -0.4 is 11.1 Å². The first-order valence-electron chi connectivity index (χ1n) is 7.87. The molecule has 1 aliphatic carbocycles. The number of carbonyl (C=O) groups is 1. The highest BCUT2D eigenvalue weighted by Gasteiger charge is 2.30. The van der Waals surface area contributed by atoms with Crippen LogP contribution in [0.15, 0.2) is 24.3 Å². The van der Waals surface area contributed by atoms with Crippen LogP contribution in [0.1, 0.15) is 39.2 Å². The van der Waals surface area contributed by atoms with Crippen LogP contribution in [0.5, 0.6) is 0 Å². The third kappa shape index (κ3) is 4.29. The summed E-state index contributed by atoms with van der Waals surface area (Å²) in [7, 11) is 0. The molecule has 1 unspecified atom stereocenters. The van der Waals surface area contributed by atoms with Crippen molar-refractivity contribution in [3.63, 3.8) is 0 Å². The van der Waals surface area contributed by atoms with Crippen molar-refractivity contribution >= 4 is 11.6 Å². The largest absolute Gasteiger partial charge is 0.326 e. The predicted octanol–water partition coefficient (Wildman–Crippen LogP) is 2.59. The minimum Gasteiger partial charge on any atom is -0.326 e. The summed E-state index contributed by atoms with van der Waals surface area (Å²) < 4.78 is 0. The number of benzene rings is 1. The van der Waals surface area contributed by atoms with Crippen molar-refractivity contribution < 1.29 is 4.79 Å². The average Bonchev–Trinajstić information content (AvgIpc) is 3.28. The van der Waals surface area contributed by atoms with Gasteiger partial charge >= 0.3 is 0 Å². The van der Waals surface area contributed by atoms with E-state index in [2.05, 4.69) is 24.1 Å². The minimum absolute atomic E-state index is 0.0465. The lowest BCUT2D eigenvalue weighted by molar-refractivity contribution is -0.121. The molecule has 21 heavy (non-hydrogen) atoms. The summed E-state index contributed by atoms with van der Waals surface area (Å²) in [4.78, 5) is 14.8. The third-order valence-electron chi connectivity index (χ3n) is 4.20. The van der Waals surface area contributed by atoms with Crippen molar-refractivity contribution in [2.45, 2.75) is 52.2 Å². The van der Waals surface area contributed by atoms with Crippen molar-refractivity contribution in [2.75, 3.05) is 11.9 Å². The first-order valence-corrected chi connectivity index (χ1v) is 7.87. The Kier molecular flexibility index (Phi) is 5.37. The molecule has 1 saturated carbocycles. The fourth-order valence-electron chi connectivity index (χ4n) is 2.62. The summed E-state index contributed by atoms with van der Waals surface area (Å²) in [5, 5.41) is 3.03. The number of amides is 1. The fraction of sp³-hybridized carbons (Fsp3) is 0.588. The summed E-state index contributed by atoms with van der Waals surface area (Å²) >= 11 is 0.